The van der Waals surface area contributed by atoms with E-state index >= 15 is 0 Å². The molecule has 0 saturated heterocycles. The normalized spacial score (nSPS) is 10.7. The van der Waals surface area contributed by atoms with Crippen molar-refractivity contribution in [3.63, 3.8) is 0 Å². The molecular formula is C15H13N3O2S. The highest BCUT2D eigenvalue weighted by atomic mass is 32.1. The molecule has 0 saturated carbocycles. The van der Waals surface area contributed by atoms with Crippen LogP contribution in [0.15, 0.2) is 36.4 Å². The fourth-order valence-corrected chi connectivity index (χ4v) is 2.91. The van der Waals surface area contributed by atoms with E-state index in [-0.39, 0.29) is 17.2 Å². The fourth-order valence-electron chi connectivity index (χ4n) is 2.00. The van der Waals surface area contributed by atoms with E-state index in [0.717, 1.165) is 10.2 Å². The molecule has 0 spiro atoms. The highest BCUT2D eigenvalue weighted by Gasteiger charge is 2.14. The van der Waals surface area contributed by atoms with Crippen LogP contribution in [0.3, 0.4) is 0 Å². The number of para-hydroxylation sites is 1. The lowest BCUT2D eigenvalue weighted by molar-refractivity contribution is 0.102. The van der Waals surface area contributed by atoms with Crippen molar-refractivity contribution in [1.29, 1.82) is 0 Å². The number of amides is 1. The van der Waals surface area contributed by atoms with Crippen molar-refractivity contribution in [3.05, 3.63) is 47.5 Å². The smallest absolute Gasteiger partial charge is 0.261 e. The molecule has 2 aromatic carbocycles. The van der Waals surface area contributed by atoms with Gasteiger partial charge in [-0.2, -0.15) is 0 Å². The van der Waals surface area contributed by atoms with Crippen LogP contribution in [0.25, 0.3) is 10.2 Å². The molecule has 3 rings (SSSR count). The van der Waals surface area contributed by atoms with Crippen LogP contribution in [0, 0.1) is 6.92 Å². The lowest BCUT2D eigenvalue weighted by Gasteiger charge is -2.05. The van der Waals surface area contributed by atoms with Crippen LogP contribution < -0.4 is 11.1 Å². The first-order valence-electron chi connectivity index (χ1n) is 6.30. The summed E-state index contributed by atoms with van der Waals surface area (Å²) in [7, 11) is 0. The number of aromatic hydroxyl groups is 1. The zero-order valence-electron chi connectivity index (χ0n) is 11.3. The predicted octanol–water partition coefficient (Wildman–Crippen LogP) is 3.14. The predicted molar refractivity (Wildman–Crippen MR) is 84.8 cm³/mol. The third-order valence-corrected chi connectivity index (χ3v) is 4.05. The van der Waals surface area contributed by atoms with Crippen molar-refractivity contribution in [3.8, 4) is 5.75 Å². The van der Waals surface area contributed by atoms with Crippen molar-refractivity contribution in [2.45, 2.75) is 6.92 Å². The number of thiazole rings is 1. The summed E-state index contributed by atoms with van der Waals surface area (Å²) >= 11 is 1.34. The molecule has 0 atom stereocenters. The number of anilines is 2. The molecule has 1 aromatic heterocycles. The lowest BCUT2D eigenvalue weighted by atomic mass is 10.1. The molecular weight excluding hydrogens is 286 g/mol. The van der Waals surface area contributed by atoms with Gasteiger partial charge in [0, 0.05) is 5.69 Å². The minimum absolute atomic E-state index is 0.0136. The van der Waals surface area contributed by atoms with Gasteiger partial charge in [-0.05, 0) is 36.8 Å². The Morgan fingerprint density at radius 3 is 2.95 bits per heavy atom. The van der Waals surface area contributed by atoms with E-state index < -0.39 is 0 Å². The molecule has 4 N–H and O–H groups in total. The minimum atomic E-state index is -0.386. The number of nitrogens with one attached hydrogen (secondary N) is 1. The molecule has 1 heterocycles. The van der Waals surface area contributed by atoms with Crippen molar-refractivity contribution in [2.75, 3.05) is 11.1 Å². The van der Waals surface area contributed by atoms with E-state index in [0.29, 0.717) is 16.4 Å². The summed E-state index contributed by atoms with van der Waals surface area (Å²) in [6.45, 7) is 1.74. The third-order valence-electron chi connectivity index (χ3n) is 3.12. The summed E-state index contributed by atoms with van der Waals surface area (Å²) < 4.78 is 0.902. The number of carbonyl (C=O) groups is 1. The average molecular weight is 299 g/mol. The van der Waals surface area contributed by atoms with Gasteiger partial charge in [-0.15, -0.1) is 0 Å². The lowest BCUT2D eigenvalue weighted by Crippen LogP contribution is -2.12. The molecule has 0 aliphatic rings. The first-order chi connectivity index (χ1) is 10.0. The maximum atomic E-state index is 12.2. The number of hydrogen-bond acceptors (Lipinski definition) is 5. The fraction of sp³-hybridized carbons (Fsp3) is 0.0667. The maximum absolute atomic E-state index is 12.2. The monoisotopic (exact) mass is 299 g/mol. The quantitative estimate of drug-likeness (QED) is 0.634. The number of phenolic OH excluding ortho intramolecular Hbond substituents is 1. The molecule has 0 aliphatic heterocycles. The summed E-state index contributed by atoms with van der Waals surface area (Å²) in [6.07, 6.45) is 0. The van der Waals surface area contributed by atoms with Crippen LogP contribution in [-0.2, 0) is 0 Å². The summed E-state index contributed by atoms with van der Waals surface area (Å²) in [5, 5.41) is 13.1. The van der Waals surface area contributed by atoms with E-state index in [4.69, 9.17) is 5.73 Å². The Labute approximate surface area is 125 Å². The summed E-state index contributed by atoms with van der Waals surface area (Å²) in [4.78, 5) is 16.5. The first-order valence-corrected chi connectivity index (χ1v) is 7.12. The van der Waals surface area contributed by atoms with Gasteiger partial charge in [0.05, 0.1) is 15.8 Å². The molecule has 106 valence electrons. The summed E-state index contributed by atoms with van der Waals surface area (Å²) in [5.41, 5.74) is 8.03. The van der Waals surface area contributed by atoms with Gasteiger partial charge in [0.15, 0.2) is 5.13 Å². The van der Waals surface area contributed by atoms with Gasteiger partial charge in [0.1, 0.15) is 5.75 Å². The molecule has 5 nitrogen and oxygen atoms in total. The highest BCUT2D eigenvalue weighted by Crippen LogP contribution is 2.29. The number of nitrogens with two attached hydrogens (primary N) is 1. The van der Waals surface area contributed by atoms with Crippen LogP contribution in [0.5, 0.6) is 5.75 Å². The van der Waals surface area contributed by atoms with Crippen molar-refractivity contribution < 1.29 is 9.90 Å². The molecule has 6 heteroatoms. The Bertz CT molecular complexity index is 842. The second kappa shape index (κ2) is 5.06. The van der Waals surface area contributed by atoms with E-state index in [2.05, 4.69) is 10.3 Å². The Hall–Kier alpha value is -2.60. The van der Waals surface area contributed by atoms with Gasteiger partial charge in [-0.1, -0.05) is 23.5 Å². The van der Waals surface area contributed by atoms with Gasteiger partial charge < -0.3 is 10.8 Å². The van der Waals surface area contributed by atoms with Crippen molar-refractivity contribution in [2.24, 2.45) is 0 Å². The topological polar surface area (TPSA) is 88.2 Å². The van der Waals surface area contributed by atoms with Crippen molar-refractivity contribution in [1.82, 2.24) is 4.98 Å². The standard InChI is InChI=1S/C15H13N3O2S/c1-8-3-2-4-10(13(8)19)14(20)18-15-17-11-6-5-9(16)7-12(11)21-15/h2-7,19H,16H2,1H3,(H,17,18,20). The second-order valence-electron chi connectivity index (χ2n) is 4.67. The molecule has 0 fully saturated rings. The number of aromatic nitrogens is 1. The maximum Gasteiger partial charge on any atom is 0.261 e. The number of benzene rings is 2. The largest absolute Gasteiger partial charge is 0.507 e. The Morgan fingerprint density at radius 1 is 1.33 bits per heavy atom. The molecule has 0 aliphatic carbocycles. The zero-order valence-corrected chi connectivity index (χ0v) is 12.1. The van der Waals surface area contributed by atoms with Crippen LogP contribution in [0.4, 0.5) is 10.8 Å². The Morgan fingerprint density at radius 2 is 2.14 bits per heavy atom. The van der Waals surface area contributed by atoms with Crippen molar-refractivity contribution >= 4 is 38.3 Å². The second-order valence-corrected chi connectivity index (χ2v) is 5.70. The molecule has 0 radical (unpaired) electrons. The Kier molecular flexibility index (Phi) is 3.23. The number of hydrogen-bond donors (Lipinski definition) is 3. The molecule has 1 amide bonds. The number of aryl methyl sites for hydroxylation is 1. The van der Waals surface area contributed by atoms with Crippen LogP contribution in [0.2, 0.25) is 0 Å². The van der Waals surface area contributed by atoms with E-state index in [9.17, 15) is 9.90 Å². The number of nitrogen functional groups attached to an aromatic ring is 1. The number of carbonyl (C=O) groups excluding carboxylic acids is 1. The van der Waals surface area contributed by atoms with Gasteiger partial charge in [0.2, 0.25) is 0 Å². The van der Waals surface area contributed by atoms with Gasteiger partial charge in [-0.3, -0.25) is 10.1 Å². The average Bonchev–Trinajstić information content (AvgIpc) is 2.83. The van der Waals surface area contributed by atoms with Crippen LogP contribution in [-0.4, -0.2) is 16.0 Å². The highest BCUT2D eigenvalue weighted by molar-refractivity contribution is 7.22. The number of fused-ring (bicyclic) bond motifs is 1. The third kappa shape index (κ3) is 2.53. The van der Waals surface area contributed by atoms with E-state index in [1.54, 1.807) is 37.3 Å². The van der Waals surface area contributed by atoms with Gasteiger partial charge in [0.25, 0.3) is 5.91 Å². The Balaban J connectivity index is 1.91. The number of nitrogens with zero attached hydrogens (tertiary/aromatic N) is 1. The molecule has 21 heavy (non-hydrogen) atoms. The SMILES string of the molecule is Cc1cccc(C(=O)Nc2nc3ccc(N)cc3s2)c1O. The number of rotatable bonds is 2. The summed E-state index contributed by atoms with van der Waals surface area (Å²) in [5.74, 6) is -0.399. The molecule has 0 bridgehead atoms. The molecule has 0 unspecified atom stereocenters. The van der Waals surface area contributed by atoms with Crippen LogP contribution in [0.1, 0.15) is 15.9 Å². The minimum Gasteiger partial charge on any atom is -0.507 e. The van der Waals surface area contributed by atoms with E-state index in [1.807, 2.05) is 6.07 Å². The van der Waals surface area contributed by atoms with Gasteiger partial charge in [-0.25, -0.2) is 4.98 Å². The zero-order chi connectivity index (χ0) is 15.0. The molecule has 3 aromatic rings. The van der Waals surface area contributed by atoms with Gasteiger partial charge >= 0.3 is 0 Å². The van der Waals surface area contributed by atoms with E-state index in [1.165, 1.54) is 11.3 Å². The summed E-state index contributed by atoms with van der Waals surface area (Å²) in [6, 6.07) is 10.4. The number of phenols is 1. The van der Waals surface area contributed by atoms with Crippen LogP contribution >= 0.6 is 11.3 Å². The first kappa shape index (κ1) is 13.4.